The molecule has 4 fully saturated rings. The second kappa shape index (κ2) is 9.21. The molecule has 4 heterocycles. The molecule has 36 heavy (non-hydrogen) atoms. The number of nitrogens with zero attached hydrogens (tertiary/aromatic N) is 6. The third kappa shape index (κ3) is 4.55. The molecule has 4 aliphatic rings. The van der Waals surface area contributed by atoms with Gasteiger partial charge in [-0.3, -0.25) is 4.79 Å². The maximum Gasteiger partial charge on any atom is 0.349 e. The molecule has 0 unspecified atom stereocenters. The number of amides is 1. The number of anilines is 3. The molecule has 6 rings (SSSR count). The lowest BCUT2D eigenvalue weighted by Crippen LogP contribution is -2.57. The van der Waals surface area contributed by atoms with Gasteiger partial charge in [0.15, 0.2) is 0 Å². The van der Waals surface area contributed by atoms with Crippen molar-refractivity contribution in [3.63, 3.8) is 0 Å². The second-order valence-corrected chi connectivity index (χ2v) is 10.4. The lowest BCUT2D eigenvalue weighted by molar-refractivity contribution is -0.142. The first-order valence-corrected chi connectivity index (χ1v) is 12.9. The van der Waals surface area contributed by atoms with E-state index in [4.69, 9.17) is 9.72 Å². The molecular weight excluding hydrogens is 458 g/mol. The maximum absolute atomic E-state index is 13.0. The fraction of sp³-hybridized carbons (Fsp3) is 0.577. The van der Waals surface area contributed by atoms with Gasteiger partial charge >= 0.3 is 5.69 Å². The van der Waals surface area contributed by atoms with E-state index in [1.807, 2.05) is 6.07 Å². The Morgan fingerprint density at radius 3 is 2.67 bits per heavy atom. The summed E-state index contributed by atoms with van der Waals surface area (Å²) in [7, 11) is 1.65. The minimum absolute atomic E-state index is 0.0719. The highest BCUT2D eigenvalue weighted by atomic mass is 16.5. The third-order valence-electron chi connectivity index (χ3n) is 7.75. The van der Waals surface area contributed by atoms with Crippen molar-refractivity contribution in [2.45, 2.75) is 56.6 Å². The minimum atomic E-state index is -0.347. The van der Waals surface area contributed by atoms with Crippen LogP contribution in [0.2, 0.25) is 0 Å². The van der Waals surface area contributed by atoms with Crippen LogP contribution in [0.15, 0.2) is 23.1 Å². The molecule has 0 radical (unpaired) electrons. The number of nitriles is 1. The van der Waals surface area contributed by atoms with Crippen LogP contribution in [0, 0.1) is 17.2 Å². The van der Waals surface area contributed by atoms with Crippen molar-refractivity contribution in [3.05, 3.63) is 40.1 Å². The number of carbonyl (C=O) groups excluding carboxylic acids is 1. The predicted octanol–water partition coefficient (Wildman–Crippen LogP) is 2.27. The molecule has 0 aromatic carbocycles. The van der Waals surface area contributed by atoms with Crippen molar-refractivity contribution < 1.29 is 9.53 Å². The van der Waals surface area contributed by atoms with E-state index in [1.54, 1.807) is 19.3 Å². The summed E-state index contributed by atoms with van der Waals surface area (Å²) in [4.78, 5) is 38.4. The number of carbonyl (C=O) groups is 1. The molecule has 2 saturated carbocycles. The highest BCUT2D eigenvalue weighted by molar-refractivity contribution is 5.78. The number of aromatic nitrogens is 3. The smallest absolute Gasteiger partial charge is 0.349 e. The summed E-state index contributed by atoms with van der Waals surface area (Å²) in [6.45, 7) is 2.73. The van der Waals surface area contributed by atoms with Crippen LogP contribution in [0.25, 0.3) is 0 Å². The van der Waals surface area contributed by atoms with Crippen LogP contribution >= 0.6 is 0 Å². The van der Waals surface area contributed by atoms with Gasteiger partial charge in [0.2, 0.25) is 5.91 Å². The van der Waals surface area contributed by atoms with Crippen molar-refractivity contribution in [3.8, 4) is 6.07 Å². The largest absolute Gasteiger partial charge is 0.377 e. The molecule has 10 nitrogen and oxygen atoms in total. The molecule has 1 amide bonds. The van der Waals surface area contributed by atoms with Gasteiger partial charge in [0.1, 0.15) is 17.7 Å². The Kier molecular flexibility index (Phi) is 5.88. The summed E-state index contributed by atoms with van der Waals surface area (Å²) in [6.07, 6.45) is 7.54. The third-order valence-corrected chi connectivity index (χ3v) is 7.75. The maximum atomic E-state index is 13.0. The molecule has 1 N–H and O–H groups in total. The number of rotatable bonds is 7. The number of hydrogen-bond acceptors (Lipinski definition) is 8. The second-order valence-electron chi connectivity index (χ2n) is 10.4. The summed E-state index contributed by atoms with van der Waals surface area (Å²) in [5, 5.41) is 13.3. The number of pyridine rings is 1. The highest BCUT2D eigenvalue weighted by Crippen LogP contribution is 2.45. The van der Waals surface area contributed by atoms with Gasteiger partial charge in [-0.25, -0.2) is 9.78 Å². The van der Waals surface area contributed by atoms with Gasteiger partial charge in [-0.15, -0.1) is 0 Å². The van der Waals surface area contributed by atoms with E-state index >= 15 is 0 Å². The Labute approximate surface area is 209 Å². The summed E-state index contributed by atoms with van der Waals surface area (Å²) >= 11 is 0. The molecule has 0 spiro atoms. The standard InChI is InChI=1S/C26H31N7O3/c1-31-8-6-22(29-26(31)35)28-20-12-18(14-27)25(30-24(20)17-4-5-17)32-9-10-33(21(15-32)16-2-3-16)23(34)13-19-7-11-36-19/h6,8,12,16-17,19,21H,2-5,7,9-11,13,15H2,1H3,(H,28,29,35)/t19-,21+/m1/s1. The van der Waals surface area contributed by atoms with Gasteiger partial charge in [0, 0.05) is 45.4 Å². The molecule has 2 atom stereocenters. The van der Waals surface area contributed by atoms with Crippen LogP contribution < -0.4 is 15.9 Å². The quantitative estimate of drug-likeness (QED) is 0.630. The molecule has 188 valence electrons. The van der Waals surface area contributed by atoms with Crippen molar-refractivity contribution in [1.29, 1.82) is 5.26 Å². The Morgan fingerprint density at radius 2 is 2.03 bits per heavy atom. The molecule has 2 aromatic heterocycles. The Bertz CT molecular complexity index is 1270. The zero-order valence-electron chi connectivity index (χ0n) is 20.5. The van der Waals surface area contributed by atoms with Crippen LogP contribution in [0.3, 0.4) is 0 Å². The van der Waals surface area contributed by atoms with E-state index in [0.717, 1.165) is 50.1 Å². The minimum Gasteiger partial charge on any atom is -0.377 e. The number of nitrogens with one attached hydrogen (secondary N) is 1. The summed E-state index contributed by atoms with van der Waals surface area (Å²) in [6, 6.07) is 6.06. The molecule has 2 aliphatic carbocycles. The van der Waals surface area contributed by atoms with E-state index < -0.39 is 0 Å². The number of ether oxygens (including phenoxy) is 1. The van der Waals surface area contributed by atoms with E-state index in [0.29, 0.717) is 55.1 Å². The topological polar surface area (TPSA) is 116 Å². The van der Waals surface area contributed by atoms with Gasteiger partial charge in [0.25, 0.3) is 0 Å². The van der Waals surface area contributed by atoms with Gasteiger partial charge in [-0.05, 0) is 50.2 Å². The molecule has 2 saturated heterocycles. The number of piperazine rings is 1. The fourth-order valence-electron chi connectivity index (χ4n) is 5.24. The number of aryl methyl sites for hydroxylation is 1. The molecule has 10 heteroatoms. The summed E-state index contributed by atoms with van der Waals surface area (Å²) < 4.78 is 6.91. The fourth-order valence-corrected chi connectivity index (χ4v) is 5.24. The monoisotopic (exact) mass is 489 g/mol. The zero-order chi connectivity index (χ0) is 24.8. The molecule has 2 aromatic rings. The first-order valence-electron chi connectivity index (χ1n) is 12.9. The van der Waals surface area contributed by atoms with E-state index in [2.05, 4.69) is 26.2 Å². The lowest BCUT2D eigenvalue weighted by Gasteiger charge is -2.43. The summed E-state index contributed by atoms with van der Waals surface area (Å²) in [5.74, 6) is 2.16. The SMILES string of the molecule is Cn1ccc(Nc2cc(C#N)c(N3CCN(C(=O)C[C@H]4CCO4)[C@H](C4CC4)C3)nc2C2CC2)nc1=O. The Balaban J connectivity index is 1.26. The Hall–Kier alpha value is -3.45. The highest BCUT2D eigenvalue weighted by Gasteiger charge is 2.42. The van der Waals surface area contributed by atoms with Gasteiger partial charge in [-0.1, -0.05) is 0 Å². The van der Waals surface area contributed by atoms with Crippen LogP contribution in [-0.2, 0) is 16.6 Å². The molecule has 2 aliphatic heterocycles. The van der Waals surface area contributed by atoms with Crippen LogP contribution in [0.4, 0.5) is 17.3 Å². The van der Waals surface area contributed by atoms with Crippen LogP contribution in [0.1, 0.15) is 55.7 Å². The van der Waals surface area contributed by atoms with Gasteiger partial charge < -0.3 is 24.4 Å². The van der Waals surface area contributed by atoms with Gasteiger partial charge in [-0.2, -0.15) is 10.2 Å². The van der Waals surface area contributed by atoms with Crippen LogP contribution in [0.5, 0.6) is 0 Å². The zero-order valence-corrected chi connectivity index (χ0v) is 20.5. The summed E-state index contributed by atoms with van der Waals surface area (Å²) in [5.41, 5.74) is 1.78. The number of hydrogen-bond donors (Lipinski definition) is 1. The van der Waals surface area contributed by atoms with Crippen LogP contribution in [-0.4, -0.2) is 63.7 Å². The van der Waals surface area contributed by atoms with E-state index in [9.17, 15) is 14.9 Å². The predicted molar refractivity (Wildman–Crippen MR) is 133 cm³/mol. The molecular formula is C26H31N7O3. The van der Waals surface area contributed by atoms with Crippen molar-refractivity contribution in [2.24, 2.45) is 13.0 Å². The van der Waals surface area contributed by atoms with Crippen molar-refractivity contribution >= 4 is 23.2 Å². The first-order chi connectivity index (χ1) is 17.5. The van der Waals surface area contributed by atoms with E-state index in [1.165, 1.54) is 4.57 Å². The average molecular weight is 490 g/mol. The normalized spacial score (nSPS) is 23.7. The average Bonchev–Trinajstić information content (AvgIpc) is 3.76. The lowest BCUT2D eigenvalue weighted by atomic mass is 10.0. The Morgan fingerprint density at radius 1 is 1.22 bits per heavy atom. The first kappa shape index (κ1) is 23.0. The van der Waals surface area contributed by atoms with E-state index in [-0.39, 0.29) is 23.7 Å². The molecule has 0 bridgehead atoms. The van der Waals surface area contributed by atoms with Crippen molar-refractivity contribution in [2.75, 3.05) is 36.5 Å². The van der Waals surface area contributed by atoms with Crippen molar-refractivity contribution in [1.82, 2.24) is 19.4 Å². The van der Waals surface area contributed by atoms with Gasteiger partial charge in [0.05, 0.1) is 35.5 Å².